The summed E-state index contributed by atoms with van der Waals surface area (Å²) in [5, 5.41) is 8.81. The van der Waals surface area contributed by atoms with Crippen LogP contribution in [0.3, 0.4) is 0 Å². The van der Waals surface area contributed by atoms with Crippen LogP contribution in [0.1, 0.15) is 41.1 Å². The lowest BCUT2D eigenvalue weighted by Crippen LogP contribution is -2.41. The van der Waals surface area contributed by atoms with Crippen molar-refractivity contribution in [3.8, 4) is 0 Å². The summed E-state index contributed by atoms with van der Waals surface area (Å²) >= 11 is 5.69. The van der Waals surface area contributed by atoms with Crippen LogP contribution >= 0.6 is 11.6 Å². The van der Waals surface area contributed by atoms with Crippen molar-refractivity contribution in [3.05, 3.63) is 69.7 Å². The van der Waals surface area contributed by atoms with Crippen LogP contribution in [0.15, 0.2) is 42.5 Å². The van der Waals surface area contributed by atoms with Gasteiger partial charge < -0.3 is 5.11 Å². The Bertz CT molecular complexity index is 960. The molecule has 1 aliphatic heterocycles. The first-order valence-corrected chi connectivity index (χ1v) is 9.77. The lowest BCUT2D eigenvalue weighted by molar-refractivity contribution is -0.144. The normalized spacial score (nSPS) is 19.3. The minimum atomic E-state index is -4.80. The number of nitrogens with zero attached hydrogens (tertiary/aromatic N) is 1. The maximum atomic E-state index is 13.7. The molecule has 3 rings (SSSR count). The number of carboxylic acids is 1. The summed E-state index contributed by atoms with van der Waals surface area (Å²) < 4.78 is 81.4. The number of halogens is 7. The molecule has 1 fully saturated rings. The van der Waals surface area contributed by atoms with E-state index in [1.807, 2.05) is 0 Å². The van der Waals surface area contributed by atoms with Gasteiger partial charge in [0, 0.05) is 6.54 Å². The first-order chi connectivity index (χ1) is 14.4. The molecule has 2 unspecified atom stereocenters. The molecule has 0 spiro atoms. The van der Waals surface area contributed by atoms with E-state index >= 15 is 0 Å². The second-order valence-electron chi connectivity index (χ2n) is 7.40. The fraction of sp³-hybridized carbons (Fsp3) is 0.381. The lowest BCUT2D eigenvalue weighted by atomic mass is 9.88. The van der Waals surface area contributed by atoms with E-state index in [1.165, 1.54) is 29.2 Å². The van der Waals surface area contributed by atoms with Gasteiger partial charge >= 0.3 is 18.3 Å². The second kappa shape index (κ2) is 8.70. The minimum Gasteiger partial charge on any atom is -0.481 e. The first kappa shape index (κ1) is 23.4. The Labute approximate surface area is 179 Å². The van der Waals surface area contributed by atoms with Crippen LogP contribution in [0.2, 0.25) is 5.02 Å². The number of carboxylic acid groups (broad SMARTS) is 1. The molecule has 1 aliphatic rings. The average molecular weight is 466 g/mol. The van der Waals surface area contributed by atoms with Gasteiger partial charge in [-0.05, 0) is 48.7 Å². The van der Waals surface area contributed by atoms with Crippen molar-refractivity contribution in [1.82, 2.24) is 4.90 Å². The van der Waals surface area contributed by atoms with E-state index in [-0.39, 0.29) is 24.2 Å². The number of hydrogen-bond acceptors (Lipinski definition) is 2. The molecule has 1 heterocycles. The first-order valence-electron chi connectivity index (χ1n) is 9.39. The molecular weight excluding hydrogens is 448 g/mol. The second-order valence-corrected chi connectivity index (χ2v) is 7.80. The maximum Gasteiger partial charge on any atom is 0.417 e. The number of alkyl halides is 6. The number of rotatable bonds is 4. The van der Waals surface area contributed by atoms with Crippen molar-refractivity contribution < 1.29 is 36.2 Å². The molecule has 1 N–H and O–H groups in total. The average Bonchev–Trinajstić information content (AvgIpc) is 2.68. The molecular formula is C21H18ClF6NO2. The van der Waals surface area contributed by atoms with Gasteiger partial charge in [-0.15, -0.1) is 0 Å². The van der Waals surface area contributed by atoms with Crippen molar-refractivity contribution in [2.45, 2.75) is 31.2 Å². The van der Waals surface area contributed by atoms with E-state index in [4.69, 9.17) is 11.6 Å². The van der Waals surface area contributed by atoms with Crippen LogP contribution in [0, 0.1) is 5.92 Å². The van der Waals surface area contributed by atoms with E-state index in [1.54, 1.807) is 0 Å². The molecule has 0 radical (unpaired) electrons. The van der Waals surface area contributed by atoms with Crippen molar-refractivity contribution >= 4 is 17.6 Å². The van der Waals surface area contributed by atoms with Gasteiger partial charge in [0.25, 0.3) is 0 Å². The zero-order valence-corrected chi connectivity index (χ0v) is 16.7. The summed E-state index contributed by atoms with van der Waals surface area (Å²) in [4.78, 5) is 13.0. The molecule has 3 nitrogen and oxygen atoms in total. The zero-order valence-electron chi connectivity index (χ0n) is 16.0. The fourth-order valence-electron chi connectivity index (χ4n) is 3.95. The Morgan fingerprint density at radius 2 is 1.68 bits per heavy atom. The third-order valence-electron chi connectivity index (χ3n) is 5.34. The smallest absolute Gasteiger partial charge is 0.417 e. The van der Waals surface area contributed by atoms with E-state index in [0.29, 0.717) is 12.8 Å². The molecule has 0 saturated carbocycles. The highest BCUT2D eigenvalue weighted by Gasteiger charge is 2.40. The van der Waals surface area contributed by atoms with Crippen molar-refractivity contribution in [2.24, 2.45) is 5.92 Å². The van der Waals surface area contributed by atoms with Gasteiger partial charge in [-0.3, -0.25) is 9.69 Å². The quantitative estimate of drug-likeness (QED) is 0.541. The van der Waals surface area contributed by atoms with Gasteiger partial charge in [-0.2, -0.15) is 26.3 Å². The van der Waals surface area contributed by atoms with Gasteiger partial charge in [0.2, 0.25) is 0 Å². The largest absolute Gasteiger partial charge is 0.481 e. The molecule has 1 saturated heterocycles. The monoisotopic (exact) mass is 465 g/mol. The summed E-state index contributed by atoms with van der Waals surface area (Å²) in [5.41, 5.74) is -2.43. The summed E-state index contributed by atoms with van der Waals surface area (Å²) in [6, 6.07) is 6.41. The fourth-order valence-corrected chi connectivity index (χ4v) is 4.18. The zero-order chi connectivity index (χ0) is 23.0. The van der Waals surface area contributed by atoms with Crippen LogP contribution in [-0.2, 0) is 17.1 Å². The van der Waals surface area contributed by atoms with Gasteiger partial charge in [0.05, 0.1) is 28.1 Å². The maximum absolute atomic E-state index is 13.7. The molecule has 2 aromatic carbocycles. The molecule has 31 heavy (non-hydrogen) atoms. The molecule has 0 aromatic heterocycles. The van der Waals surface area contributed by atoms with Gasteiger partial charge in [-0.1, -0.05) is 35.9 Å². The highest BCUT2D eigenvalue weighted by Crippen LogP contribution is 2.43. The predicted molar refractivity (Wildman–Crippen MR) is 102 cm³/mol. The van der Waals surface area contributed by atoms with E-state index in [2.05, 4.69) is 0 Å². The summed E-state index contributed by atoms with van der Waals surface area (Å²) in [5.74, 6) is -1.93. The van der Waals surface area contributed by atoms with Crippen LogP contribution in [0.5, 0.6) is 0 Å². The molecule has 0 aliphatic carbocycles. The molecule has 10 heteroatoms. The molecule has 168 valence electrons. The number of piperidine rings is 1. The van der Waals surface area contributed by atoms with Gasteiger partial charge in [-0.25, -0.2) is 0 Å². The van der Waals surface area contributed by atoms with Crippen LogP contribution in [0.4, 0.5) is 26.3 Å². The predicted octanol–water partition coefficient (Wildman–Crippen LogP) is 6.26. The number of likely N-dealkylation sites (tertiary alicyclic amines) is 1. The van der Waals surface area contributed by atoms with Gasteiger partial charge in [0.1, 0.15) is 0 Å². The molecule has 0 amide bonds. The summed E-state index contributed by atoms with van der Waals surface area (Å²) in [6.45, 7) is 0.154. The third-order valence-corrected chi connectivity index (χ3v) is 5.67. The third kappa shape index (κ3) is 5.15. The Hall–Kier alpha value is -2.26. The van der Waals surface area contributed by atoms with Gasteiger partial charge in [0.15, 0.2) is 0 Å². The highest BCUT2D eigenvalue weighted by molar-refractivity contribution is 6.31. The number of aliphatic carboxylic acids is 1. The number of benzene rings is 2. The molecule has 0 bridgehead atoms. The van der Waals surface area contributed by atoms with E-state index in [0.717, 1.165) is 18.2 Å². The number of hydrogen-bond donors (Lipinski definition) is 1. The van der Waals surface area contributed by atoms with E-state index in [9.17, 15) is 36.2 Å². The molecule has 2 aromatic rings. The summed E-state index contributed by atoms with van der Waals surface area (Å²) in [7, 11) is 0. The molecule has 2 atom stereocenters. The Balaban J connectivity index is 2.19. The topological polar surface area (TPSA) is 40.5 Å². The van der Waals surface area contributed by atoms with Crippen LogP contribution in [-0.4, -0.2) is 29.1 Å². The summed E-state index contributed by atoms with van der Waals surface area (Å²) in [6.07, 6.45) is -8.81. The van der Waals surface area contributed by atoms with Crippen LogP contribution in [0.25, 0.3) is 0 Å². The van der Waals surface area contributed by atoms with E-state index < -0.39 is 46.4 Å². The van der Waals surface area contributed by atoms with Crippen molar-refractivity contribution in [2.75, 3.05) is 13.1 Å². The Morgan fingerprint density at radius 1 is 1.03 bits per heavy atom. The standard InChI is InChI=1S/C21H18ClF6NO2/c22-17-8-7-12(10-16(17)21(26,27)28)18(29-9-3-4-13(11-29)19(30)31)14-5-1-2-6-15(14)20(23,24)25/h1-2,5-8,10,13,18H,3-4,9,11H2,(H,30,31). The van der Waals surface area contributed by atoms with Crippen molar-refractivity contribution in [1.29, 1.82) is 0 Å². The lowest BCUT2D eigenvalue weighted by Gasteiger charge is -2.38. The van der Waals surface area contributed by atoms with Crippen LogP contribution < -0.4 is 0 Å². The highest BCUT2D eigenvalue weighted by atomic mass is 35.5. The SMILES string of the molecule is O=C(O)C1CCCN(C(c2ccc(Cl)c(C(F)(F)F)c2)c2ccccc2C(F)(F)F)C1. The minimum absolute atomic E-state index is 0.0422. The Morgan fingerprint density at radius 3 is 2.29 bits per heavy atom. The Kier molecular flexibility index (Phi) is 6.57. The van der Waals surface area contributed by atoms with Crippen molar-refractivity contribution in [3.63, 3.8) is 0 Å². The number of carbonyl (C=O) groups is 1.